The number of nitrogens with one attached hydrogen (secondary N) is 2. The van der Waals surface area contributed by atoms with Crippen molar-refractivity contribution in [2.24, 2.45) is 0 Å². The molecule has 37 heavy (non-hydrogen) atoms. The van der Waals surface area contributed by atoms with Crippen LogP contribution in [0.25, 0.3) is 6.08 Å². The first-order valence-electron chi connectivity index (χ1n) is 11.8. The molecule has 5 rings (SSSR count). The summed E-state index contributed by atoms with van der Waals surface area (Å²) in [6, 6.07) is 20.0. The number of para-hydroxylation sites is 2. The van der Waals surface area contributed by atoms with Crippen LogP contribution < -0.4 is 20.3 Å². The van der Waals surface area contributed by atoms with Crippen LogP contribution >= 0.6 is 11.8 Å². The Kier molecular flexibility index (Phi) is 7.31. The average molecular weight is 517 g/mol. The molecule has 0 aliphatic carbocycles. The molecule has 10 nitrogen and oxygen atoms in total. The highest BCUT2D eigenvalue weighted by atomic mass is 32.2. The third kappa shape index (κ3) is 6.25. The Morgan fingerprint density at radius 1 is 0.973 bits per heavy atom. The lowest BCUT2D eigenvalue weighted by molar-refractivity contribution is -0.115. The second-order valence-electron chi connectivity index (χ2n) is 8.32. The zero-order valence-corrected chi connectivity index (χ0v) is 20.6. The molecule has 0 radical (unpaired) electrons. The fourth-order valence-corrected chi connectivity index (χ4v) is 4.57. The molecule has 188 valence electrons. The highest BCUT2D eigenvalue weighted by Gasteiger charge is 2.26. The van der Waals surface area contributed by atoms with Gasteiger partial charge in [-0.2, -0.15) is 4.98 Å². The lowest BCUT2D eigenvalue weighted by atomic mass is 10.3. The Labute approximate surface area is 217 Å². The molecule has 0 bridgehead atoms. The van der Waals surface area contributed by atoms with Crippen LogP contribution in [0.3, 0.4) is 0 Å². The maximum atomic E-state index is 12.8. The highest BCUT2D eigenvalue weighted by molar-refractivity contribution is 8.18. The zero-order chi connectivity index (χ0) is 25.6. The Morgan fingerprint density at radius 3 is 2.46 bits per heavy atom. The zero-order valence-electron chi connectivity index (χ0n) is 19.8. The number of amides is 4. The summed E-state index contributed by atoms with van der Waals surface area (Å²) in [7, 11) is 0. The summed E-state index contributed by atoms with van der Waals surface area (Å²) in [5.41, 5.74) is 1.18. The number of urea groups is 1. The van der Waals surface area contributed by atoms with Gasteiger partial charge >= 0.3 is 6.03 Å². The van der Waals surface area contributed by atoms with E-state index in [0.717, 1.165) is 23.9 Å². The number of rotatable bonds is 5. The molecule has 2 aliphatic heterocycles. The molecule has 0 atom stereocenters. The van der Waals surface area contributed by atoms with Crippen LogP contribution in [0.2, 0.25) is 0 Å². The number of imide groups is 1. The third-order valence-corrected chi connectivity index (χ3v) is 6.50. The minimum Gasteiger partial charge on any atom is -0.439 e. The van der Waals surface area contributed by atoms with Crippen molar-refractivity contribution in [3.05, 3.63) is 77.3 Å². The fourth-order valence-electron chi connectivity index (χ4n) is 3.91. The van der Waals surface area contributed by atoms with E-state index in [1.165, 1.54) is 0 Å². The number of carbonyl (C=O) groups is 3. The first kappa shape index (κ1) is 24.3. The summed E-state index contributed by atoms with van der Waals surface area (Å²) in [6.07, 6.45) is 2.27. The number of anilines is 2. The Balaban J connectivity index is 1.36. The highest BCUT2D eigenvalue weighted by Crippen LogP contribution is 2.28. The molecular weight excluding hydrogens is 492 g/mol. The van der Waals surface area contributed by atoms with E-state index < -0.39 is 11.1 Å². The smallest absolute Gasteiger partial charge is 0.321 e. The van der Waals surface area contributed by atoms with Crippen molar-refractivity contribution in [1.82, 2.24) is 20.2 Å². The van der Waals surface area contributed by atoms with Gasteiger partial charge in [0.2, 0.25) is 11.8 Å². The van der Waals surface area contributed by atoms with Crippen molar-refractivity contribution in [2.75, 3.05) is 36.4 Å². The van der Waals surface area contributed by atoms with E-state index >= 15 is 0 Å². The van der Waals surface area contributed by atoms with Gasteiger partial charge in [-0.25, -0.2) is 9.78 Å². The molecule has 2 aromatic carbocycles. The third-order valence-electron chi connectivity index (χ3n) is 5.69. The maximum Gasteiger partial charge on any atom is 0.321 e. The molecule has 11 heteroatoms. The number of hydrogen-bond donors (Lipinski definition) is 2. The molecule has 2 aliphatic rings. The molecule has 3 heterocycles. The minimum absolute atomic E-state index is 0.158. The second-order valence-corrected chi connectivity index (χ2v) is 9.34. The molecule has 4 amide bonds. The summed E-state index contributed by atoms with van der Waals surface area (Å²) >= 11 is 0.823. The van der Waals surface area contributed by atoms with E-state index in [2.05, 4.69) is 20.6 Å². The Hall–Kier alpha value is -4.38. The summed E-state index contributed by atoms with van der Waals surface area (Å²) in [5, 5.41) is 4.75. The van der Waals surface area contributed by atoms with Crippen molar-refractivity contribution in [3.8, 4) is 11.6 Å². The number of thioether (sulfide) groups is 1. The van der Waals surface area contributed by atoms with E-state index in [0.29, 0.717) is 49.5 Å². The first-order valence-corrected chi connectivity index (χ1v) is 12.6. The molecule has 2 saturated heterocycles. The molecule has 0 unspecified atom stereocenters. The van der Waals surface area contributed by atoms with E-state index in [-0.39, 0.29) is 10.9 Å². The van der Waals surface area contributed by atoms with E-state index in [9.17, 15) is 14.4 Å². The Bertz CT molecular complexity index is 1340. The Morgan fingerprint density at radius 2 is 1.73 bits per heavy atom. The van der Waals surface area contributed by atoms with Gasteiger partial charge in [-0.05, 0) is 48.5 Å². The number of carbonyl (C=O) groups excluding carboxylic acids is 3. The van der Waals surface area contributed by atoms with Crippen LogP contribution in [-0.4, -0.2) is 58.2 Å². The van der Waals surface area contributed by atoms with Gasteiger partial charge in [0, 0.05) is 37.9 Å². The second kappa shape index (κ2) is 11.1. The summed E-state index contributed by atoms with van der Waals surface area (Å²) in [4.78, 5) is 49.7. The summed E-state index contributed by atoms with van der Waals surface area (Å²) in [5.74, 6) is 0.866. The number of hydrogen-bond acceptors (Lipinski definition) is 8. The number of nitrogens with zero attached hydrogens (tertiary/aromatic N) is 4. The first-order chi connectivity index (χ1) is 18.0. The van der Waals surface area contributed by atoms with Crippen LogP contribution in [-0.2, 0) is 4.79 Å². The van der Waals surface area contributed by atoms with Crippen molar-refractivity contribution < 1.29 is 19.1 Å². The maximum absolute atomic E-state index is 12.8. The van der Waals surface area contributed by atoms with Crippen molar-refractivity contribution in [2.45, 2.75) is 6.42 Å². The van der Waals surface area contributed by atoms with Gasteiger partial charge in [-0.1, -0.05) is 36.4 Å². The van der Waals surface area contributed by atoms with Gasteiger partial charge in [0.1, 0.15) is 5.75 Å². The molecule has 0 spiro atoms. The van der Waals surface area contributed by atoms with Crippen LogP contribution in [0.5, 0.6) is 11.6 Å². The molecule has 1 aromatic heterocycles. The number of ether oxygens (including phenoxy) is 1. The molecule has 2 N–H and O–H groups in total. The molecule has 2 fully saturated rings. The monoisotopic (exact) mass is 516 g/mol. The van der Waals surface area contributed by atoms with Gasteiger partial charge in [0.25, 0.3) is 11.1 Å². The van der Waals surface area contributed by atoms with Gasteiger partial charge < -0.3 is 19.9 Å². The predicted octanol–water partition coefficient (Wildman–Crippen LogP) is 4.34. The van der Waals surface area contributed by atoms with E-state index in [4.69, 9.17) is 4.74 Å². The number of aromatic nitrogens is 2. The quantitative estimate of drug-likeness (QED) is 0.481. The lowest BCUT2D eigenvalue weighted by Gasteiger charge is -2.23. The lowest BCUT2D eigenvalue weighted by Crippen LogP contribution is -2.38. The normalized spacial score (nSPS) is 16.9. The molecular formula is C26H24N6O4S. The van der Waals surface area contributed by atoms with Crippen LogP contribution in [0.15, 0.2) is 71.6 Å². The predicted molar refractivity (Wildman–Crippen MR) is 142 cm³/mol. The molecule has 0 saturated carbocycles. The van der Waals surface area contributed by atoms with E-state index in [1.807, 2.05) is 65.6 Å². The van der Waals surface area contributed by atoms with Gasteiger partial charge in [-0.3, -0.25) is 14.9 Å². The topological polar surface area (TPSA) is 117 Å². The minimum atomic E-state index is -0.462. The van der Waals surface area contributed by atoms with Gasteiger partial charge in [0.05, 0.1) is 10.6 Å². The van der Waals surface area contributed by atoms with Crippen LogP contribution in [0.1, 0.15) is 12.1 Å². The molecule has 3 aromatic rings. The van der Waals surface area contributed by atoms with E-state index in [1.54, 1.807) is 17.0 Å². The van der Waals surface area contributed by atoms with Crippen LogP contribution in [0.4, 0.5) is 21.2 Å². The largest absolute Gasteiger partial charge is 0.439 e. The number of benzene rings is 2. The van der Waals surface area contributed by atoms with Crippen molar-refractivity contribution in [1.29, 1.82) is 0 Å². The van der Waals surface area contributed by atoms with Crippen molar-refractivity contribution >= 4 is 46.7 Å². The summed E-state index contributed by atoms with van der Waals surface area (Å²) < 4.78 is 5.96. The average Bonchev–Trinajstić information content (AvgIpc) is 3.07. The van der Waals surface area contributed by atoms with Crippen molar-refractivity contribution in [3.63, 3.8) is 0 Å². The fraction of sp³-hybridized carbons (Fsp3) is 0.192. The van der Waals surface area contributed by atoms with Crippen LogP contribution in [0, 0.1) is 0 Å². The van der Waals surface area contributed by atoms with Gasteiger partial charge in [-0.15, -0.1) is 0 Å². The SMILES string of the molecule is O=C1NC(=O)/C(=C/c2cc(Oc3ccccc3)nc(N3CCCN(C(=O)Nc4ccccc4)CC3)n2)S1. The summed E-state index contributed by atoms with van der Waals surface area (Å²) in [6.45, 7) is 2.22. The standard InChI is InChI=1S/C26H24N6O4S/c33-23-21(37-26(35)30-23)16-19-17-22(36-20-10-5-2-6-11-20)29-24(27-19)31-12-7-13-32(15-14-31)25(34)28-18-8-3-1-4-9-18/h1-6,8-11,16-17H,7,12-15H2,(H,28,34)(H,30,33,35)/b21-16-. The van der Waals surface area contributed by atoms with Gasteiger partial charge in [0.15, 0.2) is 0 Å².